The normalized spacial score (nSPS) is 23.0. The van der Waals surface area contributed by atoms with Crippen LogP contribution in [0.3, 0.4) is 0 Å². The quantitative estimate of drug-likeness (QED) is 0.712. The van der Waals surface area contributed by atoms with Crippen molar-refractivity contribution in [2.24, 2.45) is 0 Å². The first-order valence-corrected chi connectivity index (χ1v) is 12.2. The van der Waals surface area contributed by atoms with Gasteiger partial charge in [0.2, 0.25) is 0 Å². The van der Waals surface area contributed by atoms with E-state index in [-0.39, 0.29) is 17.5 Å². The Hall–Kier alpha value is -2.28. The van der Waals surface area contributed by atoms with Crippen LogP contribution in [0.2, 0.25) is 0 Å². The molecule has 0 saturated carbocycles. The van der Waals surface area contributed by atoms with Gasteiger partial charge in [0.1, 0.15) is 0 Å². The Kier molecular flexibility index (Phi) is 6.93. The minimum absolute atomic E-state index is 0.0550. The van der Waals surface area contributed by atoms with Crippen molar-refractivity contribution in [1.82, 2.24) is 14.7 Å². The highest BCUT2D eigenvalue weighted by Crippen LogP contribution is 2.47. The number of amides is 3. The van der Waals surface area contributed by atoms with Crippen LogP contribution < -0.4 is 4.90 Å². The van der Waals surface area contributed by atoms with Crippen LogP contribution in [0.25, 0.3) is 0 Å². The molecule has 2 fully saturated rings. The molecule has 176 valence electrons. The smallest absolute Gasteiger partial charge is 0.409 e. The van der Waals surface area contributed by atoms with Crippen LogP contribution in [0.5, 0.6) is 0 Å². The van der Waals surface area contributed by atoms with Crippen LogP contribution in [0.1, 0.15) is 51.0 Å². The SMILES string of the molecule is CCCOC(=O)N1CCCC(N2CCC3(CC2)CN(C(=O)N(C)C)c2ccccc23)CC1. The second kappa shape index (κ2) is 9.69. The van der Waals surface area contributed by atoms with Gasteiger partial charge in [0.05, 0.1) is 6.61 Å². The van der Waals surface area contributed by atoms with E-state index in [1.165, 1.54) is 5.56 Å². The van der Waals surface area contributed by atoms with Crippen molar-refractivity contribution in [2.45, 2.75) is 56.9 Å². The number of anilines is 1. The van der Waals surface area contributed by atoms with E-state index in [0.717, 1.165) is 76.9 Å². The van der Waals surface area contributed by atoms with E-state index in [0.29, 0.717) is 12.6 Å². The highest BCUT2D eigenvalue weighted by atomic mass is 16.6. The van der Waals surface area contributed by atoms with Gasteiger partial charge in [-0.05, 0) is 63.2 Å². The van der Waals surface area contributed by atoms with E-state index in [1.807, 2.05) is 36.9 Å². The summed E-state index contributed by atoms with van der Waals surface area (Å²) in [6.07, 6.45) is 6.01. The Labute approximate surface area is 192 Å². The summed E-state index contributed by atoms with van der Waals surface area (Å²) in [4.78, 5) is 33.3. The molecule has 2 saturated heterocycles. The van der Waals surface area contributed by atoms with Crippen LogP contribution in [0, 0.1) is 0 Å². The molecule has 3 heterocycles. The summed E-state index contributed by atoms with van der Waals surface area (Å²) in [6.45, 7) is 6.97. The van der Waals surface area contributed by atoms with Gasteiger partial charge in [-0.25, -0.2) is 9.59 Å². The summed E-state index contributed by atoms with van der Waals surface area (Å²) in [7, 11) is 3.65. The molecule has 0 N–H and O–H groups in total. The number of urea groups is 1. The first kappa shape index (κ1) is 22.9. The lowest BCUT2D eigenvalue weighted by Crippen LogP contribution is -2.50. The minimum atomic E-state index is -0.154. The van der Waals surface area contributed by atoms with Gasteiger partial charge in [0, 0.05) is 50.9 Å². The number of rotatable bonds is 3. The molecule has 3 amide bonds. The summed E-state index contributed by atoms with van der Waals surface area (Å²) >= 11 is 0. The Balaban J connectivity index is 1.39. The number of fused-ring (bicyclic) bond motifs is 2. The predicted octanol–water partition coefficient (Wildman–Crippen LogP) is 3.92. The Morgan fingerprint density at radius 1 is 1.09 bits per heavy atom. The fourth-order valence-electron chi connectivity index (χ4n) is 5.69. The fraction of sp³-hybridized carbons (Fsp3) is 0.680. The van der Waals surface area contributed by atoms with E-state index in [9.17, 15) is 9.59 Å². The zero-order valence-corrected chi connectivity index (χ0v) is 19.9. The largest absolute Gasteiger partial charge is 0.449 e. The van der Waals surface area contributed by atoms with E-state index < -0.39 is 0 Å². The maximum atomic E-state index is 12.8. The lowest BCUT2D eigenvalue weighted by Gasteiger charge is -2.43. The molecule has 1 spiro atoms. The van der Waals surface area contributed by atoms with Crippen LogP contribution in [-0.2, 0) is 10.2 Å². The molecular weight excluding hydrogens is 404 g/mol. The number of ether oxygens (including phenoxy) is 1. The number of piperidine rings is 1. The van der Waals surface area contributed by atoms with Crippen LogP contribution >= 0.6 is 0 Å². The van der Waals surface area contributed by atoms with E-state index in [2.05, 4.69) is 23.1 Å². The average molecular weight is 443 g/mol. The second-order valence-electron chi connectivity index (χ2n) is 9.78. The molecule has 0 aromatic heterocycles. The number of likely N-dealkylation sites (tertiary alicyclic amines) is 2. The maximum Gasteiger partial charge on any atom is 0.409 e. The molecular formula is C25H38N4O3. The molecule has 1 aromatic carbocycles. The van der Waals surface area contributed by atoms with Crippen molar-refractivity contribution in [1.29, 1.82) is 0 Å². The molecule has 0 aliphatic carbocycles. The highest BCUT2D eigenvalue weighted by molar-refractivity contribution is 5.95. The monoisotopic (exact) mass is 442 g/mol. The molecule has 4 rings (SSSR count). The van der Waals surface area contributed by atoms with E-state index in [1.54, 1.807) is 4.90 Å². The summed E-state index contributed by atoms with van der Waals surface area (Å²) in [6, 6.07) is 9.04. The van der Waals surface area contributed by atoms with Crippen molar-refractivity contribution >= 4 is 17.8 Å². The van der Waals surface area contributed by atoms with E-state index >= 15 is 0 Å². The lowest BCUT2D eigenvalue weighted by atomic mass is 9.74. The summed E-state index contributed by atoms with van der Waals surface area (Å²) < 4.78 is 5.35. The number of carbonyl (C=O) groups is 2. The van der Waals surface area contributed by atoms with Crippen LogP contribution in [-0.4, -0.2) is 86.3 Å². The summed E-state index contributed by atoms with van der Waals surface area (Å²) in [5.74, 6) is 0. The molecule has 1 unspecified atom stereocenters. The molecule has 7 heteroatoms. The van der Waals surface area contributed by atoms with Crippen molar-refractivity contribution in [3.8, 4) is 0 Å². The van der Waals surface area contributed by atoms with E-state index in [4.69, 9.17) is 4.74 Å². The van der Waals surface area contributed by atoms with Crippen molar-refractivity contribution in [2.75, 3.05) is 58.3 Å². The molecule has 0 bridgehead atoms. The summed E-state index contributed by atoms with van der Waals surface area (Å²) in [5.41, 5.74) is 2.47. The van der Waals surface area contributed by atoms with Crippen molar-refractivity contribution in [3.63, 3.8) is 0 Å². The Morgan fingerprint density at radius 2 is 1.84 bits per heavy atom. The third-order valence-electron chi connectivity index (χ3n) is 7.50. The number of nitrogens with zero attached hydrogens (tertiary/aromatic N) is 4. The van der Waals surface area contributed by atoms with Gasteiger partial charge in [0.15, 0.2) is 0 Å². The second-order valence-corrected chi connectivity index (χ2v) is 9.78. The average Bonchev–Trinajstić information content (AvgIpc) is 2.95. The lowest BCUT2D eigenvalue weighted by molar-refractivity contribution is 0.0967. The molecule has 3 aliphatic rings. The first-order chi connectivity index (χ1) is 15.4. The van der Waals surface area contributed by atoms with Gasteiger partial charge in [-0.1, -0.05) is 25.1 Å². The molecule has 32 heavy (non-hydrogen) atoms. The number of hydrogen-bond acceptors (Lipinski definition) is 4. The zero-order chi connectivity index (χ0) is 22.7. The fourth-order valence-corrected chi connectivity index (χ4v) is 5.69. The number of carbonyl (C=O) groups excluding carboxylic acids is 2. The number of benzene rings is 1. The third-order valence-corrected chi connectivity index (χ3v) is 7.50. The molecule has 1 aromatic rings. The van der Waals surface area contributed by atoms with Gasteiger partial charge in [-0.2, -0.15) is 0 Å². The predicted molar refractivity (Wildman–Crippen MR) is 126 cm³/mol. The van der Waals surface area contributed by atoms with Crippen molar-refractivity contribution in [3.05, 3.63) is 29.8 Å². The molecule has 1 atom stereocenters. The van der Waals surface area contributed by atoms with Gasteiger partial charge >= 0.3 is 12.1 Å². The third kappa shape index (κ3) is 4.45. The number of hydrogen-bond donors (Lipinski definition) is 0. The number of para-hydroxylation sites is 1. The Bertz CT molecular complexity index is 819. The first-order valence-electron chi connectivity index (χ1n) is 12.2. The highest BCUT2D eigenvalue weighted by Gasteiger charge is 2.47. The maximum absolute atomic E-state index is 12.8. The molecule has 3 aliphatic heterocycles. The minimum Gasteiger partial charge on any atom is -0.449 e. The van der Waals surface area contributed by atoms with Gasteiger partial charge < -0.3 is 19.4 Å². The van der Waals surface area contributed by atoms with Gasteiger partial charge in [-0.15, -0.1) is 0 Å². The van der Waals surface area contributed by atoms with Crippen molar-refractivity contribution < 1.29 is 14.3 Å². The van der Waals surface area contributed by atoms with Gasteiger partial charge in [-0.3, -0.25) is 4.90 Å². The van der Waals surface area contributed by atoms with Gasteiger partial charge in [0.25, 0.3) is 0 Å². The standard InChI is InChI=1S/C25H38N4O3/c1-4-18-32-24(31)28-14-7-8-20(11-15-28)27-16-12-25(13-17-27)19-29(23(30)26(2)3)22-10-6-5-9-21(22)25/h5-6,9-10,20H,4,7-8,11-19H2,1-3H3. The van der Waals surface area contributed by atoms with Crippen LogP contribution in [0.4, 0.5) is 15.3 Å². The summed E-state index contributed by atoms with van der Waals surface area (Å²) in [5, 5.41) is 0. The molecule has 0 radical (unpaired) electrons. The Morgan fingerprint density at radius 3 is 2.56 bits per heavy atom. The van der Waals surface area contributed by atoms with Crippen LogP contribution in [0.15, 0.2) is 24.3 Å². The molecule has 7 nitrogen and oxygen atoms in total. The zero-order valence-electron chi connectivity index (χ0n) is 19.9. The topological polar surface area (TPSA) is 56.3 Å².